The summed E-state index contributed by atoms with van der Waals surface area (Å²) in [5.41, 5.74) is 8.33. The van der Waals surface area contributed by atoms with Crippen molar-refractivity contribution in [1.29, 1.82) is 10.9 Å². The van der Waals surface area contributed by atoms with E-state index in [-0.39, 0.29) is 6.61 Å². The van der Waals surface area contributed by atoms with E-state index >= 15 is 0 Å². The fourth-order valence-electron chi connectivity index (χ4n) is 1.32. The summed E-state index contributed by atoms with van der Waals surface area (Å²) >= 11 is 0. The maximum absolute atomic E-state index is 9.22. The van der Waals surface area contributed by atoms with Gasteiger partial charge in [-0.05, 0) is 24.6 Å². The quantitative estimate of drug-likeness (QED) is 0.252. The summed E-state index contributed by atoms with van der Waals surface area (Å²) < 4.78 is 5.33. The van der Waals surface area contributed by atoms with Crippen molar-refractivity contribution in [2.24, 2.45) is 5.22 Å². The predicted octanol–water partition coefficient (Wildman–Crippen LogP) is 1.09. The molecule has 18 heavy (non-hydrogen) atoms. The largest absolute Gasteiger partial charge is 0.489 e. The Balaban J connectivity index is 2.95. The van der Waals surface area contributed by atoms with Gasteiger partial charge in [-0.3, -0.25) is 5.41 Å². The van der Waals surface area contributed by atoms with Crippen LogP contribution in [0.3, 0.4) is 0 Å². The Kier molecular flexibility index (Phi) is 5.22. The fourth-order valence-corrected chi connectivity index (χ4v) is 1.32. The van der Waals surface area contributed by atoms with Crippen LogP contribution >= 0.6 is 0 Å². The van der Waals surface area contributed by atoms with E-state index in [1.165, 1.54) is 0 Å². The SMILES string of the molecule is Cc1ccc(OCC(O)CO)c(N(C=N)N=N)c1. The Bertz CT molecular complexity index is 417. The molecule has 4 N–H and O–H groups in total. The van der Waals surface area contributed by atoms with Crippen molar-refractivity contribution in [3.8, 4) is 5.75 Å². The molecule has 1 aromatic rings. The number of rotatable bonds is 7. The standard InChI is InChI=1S/C11H16N4O3/c1-8-2-3-11(18-6-9(17)5-16)10(4-8)15(7-12)14-13/h2-4,7,9,12-13,16-17H,5-6H2,1H3. The zero-order chi connectivity index (χ0) is 13.5. The van der Waals surface area contributed by atoms with Crippen LogP contribution in [0, 0.1) is 17.9 Å². The zero-order valence-corrected chi connectivity index (χ0v) is 10.00. The minimum Gasteiger partial charge on any atom is -0.489 e. The molecule has 1 atom stereocenters. The Morgan fingerprint density at radius 3 is 2.83 bits per heavy atom. The number of hydrogen-bond acceptors (Lipinski definition) is 6. The van der Waals surface area contributed by atoms with Gasteiger partial charge in [0.1, 0.15) is 30.5 Å². The highest BCUT2D eigenvalue weighted by atomic mass is 16.5. The first-order valence-corrected chi connectivity index (χ1v) is 5.32. The molecule has 7 nitrogen and oxygen atoms in total. The number of nitrogens with zero attached hydrogens (tertiary/aromatic N) is 2. The van der Waals surface area contributed by atoms with E-state index in [2.05, 4.69) is 5.22 Å². The van der Waals surface area contributed by atoms with E-state index < -0.39 is 12.7 Å². The number of ether oxygens (including phenoxy) is 1. The van der Waals surface area contributed by atoms with Gasteiger partial charge in [-0.1, -0.05) is 11.3 Å². The molecule has 1 rings (SSSR count). The lowest BCUT2D eigenvalue weighted by atomic mass is 10.2. The number of aryl methyl sites for hydroxylation is 1. The minimum atomic E-state index is -0.972. The van der Waals surface area contributed by atoms with Crippen LogP contribution in [0.2, 0.25) is 0 Å². The van der Waals surface area contributed by atoms with E-state index in [0.29, 0.717) is 11.4 Å². The van der Waals surface area contributed by atoms with Gasteiger partial charge in [0.15, 0.2) is 0 Å². The molecule has 0 aromatic heterocycles. The second-order valence-corrected chi connectivity index (χ2v) is 3.69. The van der Waals surface area contributed by atoms with Crippen LogP contribution in [0.5, 0.6) is 5.75 Å². The lowest BCUT2D eigenvalue weighted by Crippen LogP contribution is -2.22. The molecule has 0 spiro atoms. The number of aliphatic hydroxyl groups is 2. The molecule has 0 aliphatic rings. The Hall–Kier alpha value is -1.99. The molecule has 1 aromatic carbocycles. The molecule has 0 aliphatic carbocycles. The van der Waals surface area contributed by atoms with Crippen LogP contribution < -0.4 is 9.75 Å². The number of hydrogen-bond donors (Lipinski definition) is 4. The monoisotopic (exact) mass is 252 g/mol. The van der Waals surface area contributed by atoms with Crippen LogP contribution in [0.1, 0.15) is 5.56 Å². The second kappa shape index (κ2) is 6.67. The smallest absolute Gasteiger partial charge is 0.145 e. The summed E-state index contributed by atoms with van der Waals surface area (Å²) in [6.45, 7) is 1.40. The van der Waals surface area contributed by atoms with Crippen LogP contribution in [0.4, 0.5) is 5.69 Å². The molecule has 98 valence electrons. The Labute approximate surface area is 105 Å². The van der Waals surface area contributed by atoms with Crippen molar-refractivity contribution in [3.63, 3.8) is 0 Å². The molecule has 0 aliphatic heterocycles. The summed E-state index contributed by atoms with van der Waals surface area (Å²) in [6, 6.07) is 5.18. The first kappa shape index (κ1) is 14.1. The Morgan fingerprint density at radius 1 is 1.56 bits per heavy atom. The second-order valence-electron chi connectivity index (χ2n) is 3.69. The van der Waals surface area contributed by atoms with Crippen LogP contribution in [-0.2, 0) is 0 Å². The topological polar surface area (TPSA) is 113 Å². The average Bonchev–Trinajstić information content (AvgIpc) is 2.38. The summed E-state index contributed by atoms with van der Waals surface area (Å²) in [7, 11) is 0. The van der Waals surface area contributed by atoms with Gasteiger partial charge < -0.3 is 14.9 Å². The van der Waals surface area contributed by atoms with Gasteiger partial charge in [0.25, 0.3) is 0 Å². The molecular formula is C11H16N4O3. The predicted molar refractivity (Wildman–Crippen MR) is 66.2 cm³/mol. The normalized spacial score (nSPS) is 11.7. The van der Waals surface area contributed by atoms with Crippen molar-refractivity contribution in [2.75, 3.05) is 18.2 Å². The Morgan fingerprint density at radius 2 is 2.28 bits per heavy atom. The van der Waals surface area contributed by atoms with Gasteiger partial charge in [-0.25, -0.2) is 5.01 Å². The zero-order valence-electron chi connectivity index (χ0n) is 10.00. The highest BCUT2D eigenvalue weighted by molar-refractivity contribution is 5.79. The third-order valence-corrected chi connectivity index (χ3v) is 2.23. The third kappa shape index (κ3) is 3.51. The van der Waals surface area contributed by atoms with Gasteiger partial charge in [-0.2, -0.15) is 5.53 Å². The minimum absolute atomic E-state index is 0.0730. The molecule has 7 heteroatoms. The number of anilines is 1. The molecule has 0 radical (unpaired) electrons. The molecular weight excluding hydrogens is 236 g/mol. The first-order valence-electron chi connectivity index (χ1n) is 5.32. The van der Waals surface area contributed by atoms with Crippen LogP contribution in [0.25, 0.3) is 0 Å². The molecule has 0 fully saturated rings. The first-order chi connectivity index (χ1) is 8.62. The van der Waals surface area contributed by atoms with E-state index in [1.807, 2.05) is 6.92 Å². The van der Waals surface area contributed by atoms with E-state index in [9.17, 15) is 5.11 Å². The molecule has 0 saturated carbocycles. The van der Waals surface area contributed by atoms with Crippen molar-refractivity contribution in [2.45, 2.75) is 13.0 Å². The summed E-state index contributed by atoms with van der Waals surface area (Å²) in [4.78, 5) is 0. The van der Waals surface area contributed by atoms with E-state index in [1.54, 1.807) is 18.2 Å². The molecule has 0 heterocycles. The number of aliphatic hydroxyl groups excluding tert-OH is 2. The van der Waals surface area contributed by atoms with Crippen LogP contribution in [-0.4, -0.2) is 35.9 Å². The number of benzene rings is 1. The van der Waals surface area contributed by atoms with E-state index in [4.69, 9.17) is 20.8 Å². The van der Waals surface area contributed by atoms with Gasteiger partial charge in [-0.15, -0.1) is 0 Å². The van der Waals surface area contributed by atoms with Gasteiger partial charge >= 0.3 is 0 Å². The van der Waals surface area contributed by atoms with Gasteiger partial charge in [0.05, 0.1) is 6.61 Å². The van der Waals surface area contributed by atoms with Crippen molar-refractivity contribution in [1.82, 2.24) is 0 Å². The summed E-state index contributed by atoms with van der Waals surface area (Å²) in [5, 5.41) is 29.3. The van der Waals surface area contributed by atoms with Crippen molar-refractivity contribution >= 4 is 12.0 Å². The third-order valence-electron chi connectivity index (χ3n) is 2.23. The molecule has 0 bridgehead atoms. The van der Waals surface area contributed by atoms with Gasteiger partial charge in [0, 0.05) is 0 Å². The molecule has 0 saturated heterocycles. The van der Waals surface area contributed by atoms with E-state index in [0.717, 1.165) is 16.9 Å². The molecule has 0 amide bonds. The van der Waals surface area contributed by atoms with Crippen molar-refractivity contribution in [3.05, 3.63) is 23.8 Å². The number of nitrogens with one attached hydrogen (secondary N) is 2. The fraction of sp³-hybridized carbons (Fsp3) is 0.364. The maximum atomic E-state index is 9.22. The average molecular weight is 252 g/mol. The highest BCUT2D eigenvalue weighted by Gasteiger charge is 2.12. The summed E-state index contributed by atoms with van der Waals surface area (Å²) in [6.07, 6.45) is -0.0857. The highest BCUT2D eigenvalue weighted by Crippen LogP contribution is 2.29. The van der Waals surface area contributed by atoms with Crippen LogP contribution in [0.15, 0.2) is 23.4 Å². The van der Waals surface area contributed by atoms with Gasteiger partial charge in [0.2, 0.25) is 0 Å². The van der Waals surface area contributed by atoms with Crippen molar-refractivity contribution < 1.29 is 14.9 Å². The molecule has 1 unspecified atom stereocenters. The lowest BCUT2D eigenvalue weighted by Gasteiger charge is -2.17. The maximum Gasteiger partial charge on any atom is 0.145 e. The lowest BCUT2D eigenvalue weighted by molar-refractivity contribution is 0.0538. The summed E-state index contributed by atoms with van der Waals surface area (Å²) in [5.74, 6) is 0.382.